The van der Waals surface area contributed by atoms with Crippen molar-refractivity contribution in [1.29, 1.82) is 0 Å². The molecule has 2 aromatic heterocycles. The van der Waals surface area contributed by atoms with E-state index in [9.17, 15) is 14.4 Å². The van der Waals surface area contributed by atoms with Crippen LogP contribution in [0.25, 0.3) is 17.1 Å². The van der Waals surface area contributed by atoms with Gasteiger partial charge in [-0.2, -0.15) is 9.78 Å². The van der Waals surface area contributed by atoms with Crippen LogP contribution in [0.15, 0.2) is 66.7 Å². The van der Waals surface area contributed by atoms with E-state index in [-0.39, 0.29) is 6.54 Å². The van der Waals surface area contributed by atoms with Crippen LogP contribution in [-0.4, -0.2) is 50.7 Å². The summed E-state index contributed by atoms with van der Waals surface area (Å²) in [6.45, 7) is 4.54. The number of hydrogen-bond acceptors (Lipinski definition) is 7. The number of amides is 2. The van der Waals surface area contributed by atoms with Gasteiger partial charge in [0.1, 0.15) is 12.4 Å². The van der Waals surface area contributed by atoms with Crippen LogP contribution in [0.4, 0.5) is 5.82 Å². The fourth-order valence-electron chi connectivity index (χ4n) is 3.62. The molecule has 4 rings (SSSR count). The molecule has 10 heteroatoms. The van der Waals surface area contributed by atoms with Crippen molar-refractivity contribution in [2.24, 2.45) is 0 Å². The molecule has 0 saturated carbocycles. The molecule has 0 bridgehead atoms. The van der Waals surface area contributed by atoms with Gasteiger partial charge in [0.15, 0.2) is 6.61 Å². The average molecular weight is 499 g/mol. The van der Waals surface area contributed by atoms with Crippen LogP contribution in [-0.2, 0) is 14.3 Å². The molecule has 2 aromatic carbocycles. The summed E-state index contributed by atoms with van der Waals surface area (Å²) >= 11 is 0. The number of aryl methyl sites for hydroxylation is 3. The van der Waals surface area contributed by atoms with Crippen molar-refractivity contribution in [3.63, 3.8) is 0 Å². The van der Waals surface area contributed by atoms with Gasteiger partial charge in [0.05, 0.1) is 5.69 Å². The molecular weight excluding hydrogens is 472 g/mol. The molecule has 0 unspecified atom stereocenters. The van der Waals surface area contributed by atoms with Crippen molar-refractivity contribution in [1.82, 2.24) is 25.1 Å². The predicted octanol–water partition coefficient (Wildman–Crippen LogP) is 3.17. The third-order valence-electron chi connectivity index (χ3n) is 5.27. The van der Waals surface area contributed by atoms with E-state index in [1.54, 1.807) is 25.1 Å². The summed E-state index contributed by atoms with van der Waals surface area (Å²) in [6, 6.07) is 20.3. The van der Waals surface area contributed by atoms with Gasteiger partial charge in [-0.3, -0.25) is 14.4 Å². The minimum Gasteiger partial charge on any atom is -0.454 e. The SMILES string of the molecule is Cc1cc(C)nc(-n2nc(C)cc2NC(=O)COC(=O)CNC(=O)c2ccc(-c3ccccc3)cc2)n1. The normalized spacial score (nSPS) is 10.6. The Labute approximate surface area is 213 Å². The second kappa shape index (κ2) is 11.3. The van der Waals surface area contributed by atoms with Gasteiger partial charge in [-0.15, -0.1) is 0 Å². The first-order valence-corrected chi connectivity index (χ1v) is 11.6. The summed E-state index contributed by atoms with van der Waals surface area (Å²) in [4.78, 5) is 45.6. The number of carbonyl (C=O) groups is 3. The van der Waals surface area contributed by atoms with Crippen molar-refractivity contribution in [3.8, 4) is 17.1 Å². The van der Waals surface area contributed by atoms with E-state index in [1.165, 1.54) is 4.68 Å². The van der Waals surface area contributed by atoms with E-state index in [1.807, 2.05) is 62.4 Å². The largest absolute Gasteiger partial charge is 0.454 e. The van der Waals surface area contributed by atoms with E-state index in [4.69, 9.17) is 4.74 Å². The lowest BCUT2D eigenvalue weighted by atomic mass is 10.0. The third kappa shape index (κ3) is 6.63. The van der Waals surface area contributed by atoms with Crippen LogP contribution in [0, 0.1) is 20.8 Å². The quantitative estimate of drug-likeness (QED) is 0.357. The number of carbonyl (C=O) groups excluding carboxylic acids is 3. The first-order chi connectivity index (χ1) is 17.8. The summed E-state index contributed by atoms with van der Waals surface area (Å²) in [5.74, 6) is -1.07. The maximum absolute atomic E-state index is 12.4. The predicted molar refractivity (Wildman–Crippen MR) is 137 cm³/mol. The maximum Gasteiger partial charge on any atom is 0.325 e. The molecule has 0 fully saturated rings. The highest BCUT2D eigenvalue weighted by atomic mass is 16.5. The van der Waals surface area contributed by atoms with Crippen molar-refractivity contribution in [2.75, 3.05) is 18.5 Å². The topological polar surface area (TPSA) is 128 Å². The summed E-state index contributed by atoms with van der Waals surface area (Å²) in [7, 11) is 0. The van der Waals surface area contributed by atoms with E-state index < -0.39 is 24.4 Å². The Morgan fingerprint density at radius 1 is 0.838 bits per heavy atom. The standard InChI is InChI=1S/C27H26N6O4/c1-17-13-18(2)30-27(29-17)33-23(14-19(3)32-33)31-24(34)16-37-25(35)15-28-26(36)22-11-9-21(10-12-22)20-7-5-4-6-8-20/h4-14H,15-16H2,1-3H3,(H,28,36)(H,31,34). The van der Waals surface area contributed by atoms with Crippen molar-refractivity contribution in [2.45, 2.75) is 20.8 Å². The zero-order chi connectivity index (χ0) is 26.4. The summed E-state index contributed by atoms with van der Waals surface area (Å²) in [5, 5.41) is 9.48. The van der Waals surface area contributed by atoms with Crippen molar-refractivity contribution in [3.05, 3.63) is 89.4 Å². The number of nitrogens with one attached hydrogen (secondary N) is 2. The number of esters is 1. The van der Waals surface area contributed by atoms with E-state index in [0.29, 0.717) is 23.0 Å². The van der Waals surface area contributed by atoms with E-state index in [2.05, 4.69) is 25.7 Å². The van der Waals surface area contributed by atoms with Crippen LogP contribution in [0.5, 0.6) is 0 Å². The molecule has 37 heavy (non-hydrogen) atoms. The highest BCUT2D eigenvalue weighted by Gasteiger charge is 2.16. The second-order valence-corrected chi connectivity index (χ2v) is 8.37. The van der Waals surface area contributed by atoms with Crippen LogP contribution in [0.1, 0.15) is 27.4 Å². The minimum atomic E-state index is -0.744. The fourth-order valence-corrected chi connectivity index (χ4v) is 3.62. The zero-order valence-corrected chi connectivity index (χ0v) is 20.7. The Kier molecular flexibility index (Phi) is 7.68. The molecular formula is C27H26N6O4. The molecule has 2 N–H and O–H groups in total. The number of aromatic nitrogens is 4. The number of hydrogen-bond donors (Lipinski definition) is 2. The van der Waals surface area contributed by atoms with Gasteiger partial charge in [0, 0.05) is 23.0 Å². The molecule has 0 saturated heterocycles. The summed E-state index contributed by atoms with van der Waals surface area (Å²) in [5.41, 5.74) is 4.59. The van der Waals surface area contributed by atoms with Crippen molar-refractivity contribution < 1.29 is 19.1 Å². The van der Waals surface area contributed by atoms with Gasteiger partial charge in [0.25, 0.3) is 17.8 Å². The lowest BCUT2D eigenvalue weighted by Gasteiger charge is -2.10. The maximum atomic E-state index is 12.4. The molecule has 10 nitrogen and oxygen atoms in total. The van der Waals surface area contributed by atoms with Gasteiger partial charge in [-0.05, 0) is 50.1 Å². The second-order valence-electron chi connectivity index (χ2n) is 8.37. The van der Waals surface area contributed by atoms with E-state index in [0.717, 1.165) is 22.5 Å². The molecule has 2 heterocycles. The van der Waals surface area contributed by atoms with Crippen LogP contribution < -0.4 is 10.6 Å². The minimum absolute atomic E-state index is 0.317. The molecule has 0 atom stereocenters. The number of rotatable bonds is 8. The lowest BCUT2D eigenvalue weighted by Crippen LogP contribution is -2.32. The van der Waals surface area contributed by atoms with Gasteiger partial charge in [-0.25, -0.2) is 9.97 Å². The highest BCUT2D eigenvalue weighted by Crippen LogP contribution is 2.19. The van der Waals surface area contributed by atoms with Gasteiger partial charge >= 0.3 is 5.97 Å². The smallest absolute Gasteiger partial charge is 0.325 e. The average Bonchev–Trinajstić information content (AvgIpc) is 3.25. The molecule has 188 valence electrons. The Morgan fingerprint density at radius 3 is 2.16 bits per heavy atom. The number of nitrogens with zero attached hydrogens (tertiary/aromatic N) is 4. The van der Waals surface area contributed by atoms with E-state index >= 15 is 0 Å². The zero-order valence-electron chi connectivity index (χ0n) is 20.7. The Balaban J connectivity index is 1.27. The van der Waals surface area contributed by atoms with Crippen molar-refractivity contribution >= 4 is 23.6 Å². The molecule has 0 aliphatic carbocycles. The van der Waals surface area contributed by atoms with Crippen LogP contribution >= 0.6 is 0 Å². The lowest BCUT2D eigenvalue weighted by molar-refractivity contribution is -0.146. The number of ether oxygens (including phenoxy) is 1. The van der Waals surface area contributed by atoms with Crippen LogP contribution in [0.2, 0.25) is 0 Å². The Bertz CT molecular complexity index is 1410. The number of benzene rings is 2. The first-order valence-electron chi connectivity index (χ1n) is 11.6. The molecule has 0 aliphatic rings. The van der Waals surface area contributed by atoms with Crippen LogP contribution in [0.3, 0.4) is 0 Å². The fraction of sp³-hybridized carbons (Fsp3) is 0.185. The molecule has 0 spiro atoms. The highest BCUT2D eigenvalue weighted by molar-refractivity contribution is 5.97. The summed E-state index contributed by atoms with van der Waals surface area (Å²) in [6.07, 6.45) is 0. The van der Waals surface area contributed by atoms with Gasteiger partial charge in [-0.1, -0.05) is 42.5 Å². The van der Waals surface area contributed by atoms with Gasteiger partial charge in [0.2, 0.25) is 0 Å². The number of anilines is 1. The first kappa shape index (κ1) is 25.2. The molecule has 0 radical (unpaired) electrons. The summed E-state index contributed by atoms with van der Waals surface area (Å²) < 4.78 is 6.42. The third-order valence-corrected chi connectivity index (χ3v) is 5.27. The molecule has 0 aliphatic heterocycles. The Hall–Kier alpha value is -4.86. The monoisotopic (exact) mass is 498 g/mol. The molecule has 4 aromatic rings. The molecule has 2 amide bonds. The Morgan fingerprint density at radius 2 is 1.49 bits per heavy atom. The van der Waals surface area contributed by atoms with Gasteiger partial charge < -0.3 is 15.4 Å².